The zero-order valence-electron chi connectivity index (χ0n) is 16.9. The lowest BCUT2D eigenvalue weighted by Gasteiger charge is -2.16. The van der Waals surface area contributed by atoms with E-state index in [1.165, 1.54) is 28.7 Å². The monoisotopic (exact) mass is 523 g/mol. The summed E-state index contributed by atoms with van der Waals surface area (Å²) in [6.07, 6.45) is 0.905. The Hall–Kier alpha value is -2.68. The maximum Gasteiger partial charge on any atom is 0.255 e. The highest BCUT2D eigenvalue weighted by Gasteiger charge is 2.24. The van der Waals surface area contributed by atoms with Gasteiger partial charge in [0, 0.05) is 28.0 Å². The largest absolute Gasteiger partial charge is 0.322 e. The minimum atomic E-state index is -0.160. The number of rotatable bonds is 5. The fraction of sp³-hybridized carbons (Fsp3) is 0.125. The second kappa shape index (κ2) is 9.05. The average Bonchev–Trinajstić information content (AvgIpc) is 3.41. The summed E-state index contributed by atoms with van der Waals surface area (Å²) < 4.78 is 2.75. The summed E-state index contributed by atoms with van der Waals surface area (Å²) in [6.45, 7) is 0.736. The number of anilines is 2. The van der Waals surface area contributed by atoms with Gasteiger partial charge in [-0.25, -0.2) is 4.98 Å². The smallest absolute Gasteiger partial charge is 0.255 e. The van der Waals surface area contributed by atoms with Crippen LogP contribution in [-0.4, -0.2) is 29.1 Å². The first-order valence-corrected chi connectivity index (χ1v) is 12.6. The number of fused-ring (bicyclic) bond motifs is 2. The van der Waals surface area contributed by atoms with Crippen molar-refractivity contribution in [1.82, 2.24) is 4.98 Å². The normalized spacial score (nSPS) is 12.7. The number of thioether (sulfide) groups is 1. The molecular formula is C24H18BrN3O2S2. The highest BCUT2D eigenvalue weighted by Crippen LogP contribution is 2.33. The molecule has 2 amide bonds. The predicted octanol–water partition coefficient (Wildman–Crippen LogP) is 5.99. The molecule has 0 saturated heterocycles. The highest BCUT2D eigenvalue weighted by atomic mass is 79.9. The average molecular weight is 524 g/mol. The highest BCUT2D eigenvalue weighted by molar-refractivity contribution is 9.10. The second-order valence-corrected chi connectivity index (χ2v) is 10.5. The Morgan fingerprint density at radius 3 is 2.75 bits per heavy atom. The van der Waals surface area contributed by atoms with Gasteiger partial charge in [0.15, 0.2) is 4.34 Å². The molecule has 8 heteroatoms. The molecule has 0 atom stereocenters. The number of para-hydroxylation sites is 1. The van der Waals surface area contributed by atoms with E-state index in [-0.39, 0.29) is 11.8 Å². The van der Waals surface area contributed by atoms with E-state index in [0.717, 1.165) is 43.4 Å². The van der Waals surface area contributed by atoms with Crippen molar-refractivity contribution in [1.29, 1.82) is 0 Å². The topological polar surface area (TPSA) is 62.3 Å². The van der Waals surface area contributed by atoms with Crippen LogP contribution in [0, 0.1) is 0 Å². The first-order valence-electron chi connectivity index (χ1n) is 10.1. The van der Waals surface area contributed by atoms with Crippen LogP contribution in [0.25, 0.3) is 10.2 Å². The Bertz CT molecular complexity index is 1320. The zero-order valence-corrected chi connectivity index (χ0v) is 20.1. The van der Waals surface area contributed by atoms with Crippen LogP contribution in [0.3, 0.4) is 0 Å². The molecular weight excluding hydrogens is 506 g/mol. The van der Waals surface area contributed by atoms with Crippen molar-refractivity contribution < 1.29 is 9.59 Å². The van der Waals surface area contributed by atoms with Crippen LogP contribution in [0.5, 0.6) is 0 Å². The summed E-state index contributed by atoms with van der Waals surface area (Å²) in [5.41, 5.74) is 4.42. The fourth-order valence-electron chi connectivity index (χ4n) is 3.65. The predicted molar refractivity (Wildman–Crippen MR) is 135 cm³/mol. The molecule has 5 nitrogen and oxygen atoms in total. The minimum Gasteiger partial charge on any atom is -0.322 e. The summed E-state index contributed by atoms with van der Waals surface area (Å²) >= 11 is 6.36. The summed E-state index contributed by atoms with van der Waals surface area (Å²) in [5, 5.41) is 2.93. The van der Waals surface area contributed by atoms with Crippen molar-refractivity contribution in [2.24, 2.45) is 0 Å². The number of aromatic nitrogens is 1. The molecule has 1 N–H and O–H groups in total. The lowest BCUT2D eigenvalue weighted by atomic mass is 10.2. The molecule has 160 valence electrons. The van der Waals surface area contributed by atoms with Crippen LogP contribution in [-0.2, 0) is 11.2 Å². The molecule has 3 aromatic carbocycles. The Kier molecular flexibility index (Phi) is 5.99. The molecule has 0 radical (unpaired) electrons. The van der Waals surface area contributed by atoms with E-state index < -0.39 is 0 Å². The van der Waals surface area contributed by atoms with Crippen molar-refractivity contribution in [3.63, 3.8) is 0 Å². The number of nitrogens with zero attached hydrogens (tertiary/aromatic N) is 2. The molecule has 0 aliphatic carbocycles. The van der Waals surface area contributed by atoms with Crippen LogP contribution in [0.4, 0.5) is 11.4 Å². The number of nitrogens with one attached hydrogen (secondary N) is 1. The number of amides is 2. The quantitative estimate of drug-likeness (QED) is 0.326. The van der Waals surface area contributed by atoms with Gasteiger partial charge in [0.1, 0.15) is 0 Å². The van der Waals surface area contributed by atoms with Gasteiger partial charge in [-0.2, -0.15) is 0 Å². The van der Waals surface area contributed by atoms with Crippen LogP contribution >= 0.6 is 39.0 Å². The number of hydrogen-bond acceptors (Lipinski definition) is 5. The van der Waals surface area contributed by atoms with E-state index in [1.54, 1.807) is 12.1 Å². The van der Waals surface area contributed by atoms with Gasteiger partial charge in [0.25, 0.3) is 5.91 Å². The van der Waals surface area contributed by atoms with Crippen molar-refractivity contribution in [3.05, 3.63) is 82.3 Å². The molecule has 0 fully saturated rings. The van der Waals surface area contributed by atoms with Crippen molar-refractivity contribution in [3.8, 4) is 0 Å². The molecule has 0 saturated carbocycles. The molecule has 0 unspecified atom stereocenters. The lowest BCUT2D eigenvalue weighted by Crippen LogP contribution is -2.30. The molecule has 1 aromatic heterocycles. The third-order valence-corrected chi connectivity index (χ3v) is 7.91. The van der Waals surface area contributed by atoms with Crippen molar-refractivity contribution >= 4 is 72.4 Å². The van der Waals surface area contributed by atoms with Gasteiger partial charge in [0.05, 0.1) is 16.0 Å². The summed E-state index contributed by atoms with van der Waals surface area (Å²) in [5.74, 6) is 0.288. The summed E-state index contributed by atoms with van der Waals surface area (Å²) in [7, 11) is 0. The Morgan fingerprint density at radius 2 is 1.91 bits per heavy atom. The lowest BCUT2D eigenvalue weighted by molar-refractivity contribution is -0.116. The molecule has 5 rings (SSSR count). The van der Waals surface area contributed by atoms with Crippen molar-refractivity contribution in [2.75, 3.05) is 22.5 Å². The van der Waals surface area contributed by atoms with Crippen LogP contribution in [0.15, 0.2) is 75.5 Å². The van der Waals surface area contributed by atoms with Gasteiger partial charge in [0.2, 0.25) is 5.91 Å². The van der Waals surface area contributed by atoms with E-state index in [4.69, 9.17) is 0 Å². The number of hydrogen-bond donors (Lipinski definition) is 1. The number of carbonyl (C=O) groups excluding carboxylic acids is 2. The van der Waals surface area contributed by atoms with Crippen molar-refractivity contribution in [2.45, 2.75) is 10.8 Å². The standard InChI is InChI=1S/C24H18BrN3O2S2/c25-17-7-5-16(6-8-17)23(30)26-18-9-10-19-21(13-18)32-24(27-19)31-14-22(29)28-12-11-15-3-1-2-4-20(15)28/h1-10,13H,11-12,14H2,(H,26,30). The van der Waals surface area contributed by atoms with Crippen LogP contribution in [0.2, 0.25) is 0 Å². The molecule has 4 aromatic rings. The van der Waals surface area contributed by atoms with Crippen LogP contribution < -0.4 is 10.2 Å². The number of benzene rings is 3. The van der Waals surface area contributed by atoms with Gasteiger partial charge < -0.3 is 10.2 Å². The van der Waals surface area contributed by atoms with Gasteiger partial charge in [-0.3, -0.25) is 9.59 Å². The van der Waals surface area contributed by atoms with Gasteiger partial charge in [-0.1, -0.05) is 45.9 Å². The van der Waals surface area contributed by atoms with E-state index in [9.17, 15) is 9.59 Å². The van der Waals surface area contributed by atoms with E-state index in [2.05, 4.69) is 32.3 Å². The minimum absolute atomic E-state index is 0.0988. The SMILES string of the molecule is O=C(Nc1ccc2nc(SCC(=O)N3CCc4ccccc43)sc2c1)c1ccc(Br)cc1. The zero-order chi connectivity index (χ0) is 22.1. The summed E-state index contributed by atoms with van der Waals surface area (Å²) in [4.78, 5) is 31.7. The third-order valence-electron chi connectivity index (χ3n) is 5.24. The fourth-order valence-corrected chi connectivity index (χ4v) is 5.89. The van der Waals surface area contributed by atoms with E-state index >= 15 is 0 Å². The molecule has 0 bridgehead atoms. The second-order valence-electron chi connectivity index (χ2n) is 7.34. The maximum atomic E-state index is 12.8. The molecule has 32 heavy (non-hydrogen) atoms. The Labute approximate surface area is 202 Å². The number of thiazole rings is 1. The molecule has 1 aliphatic rings. The van der Waals surface area contributed by atoms with E-state index in [1.807, 2.05) is 53.4 Å². The third kappa shape index (κ3) is 4.44. The van der Waals surface area contributed by atoms with Gasteiger partial charge in [-0.05, 0) is 60.5 Å². The van der Waals surface area contributed by atoms with E-state index in [0.29, 0.717) is 11.3 Å². The molecule has 2 heterocycles. The molecule has 0 spiro atoms. The van der Waals surface area contributed by atoms with Crippen LogP contribution in [0.1, 0.15) is 15.9 Å². The maximum absolute atomic E-state index is 12.8. The Balaban J connectivity index is 1.25. The summed E-state index contributed by atoms with van der Waals surface area (Å²) in [6, 6.07) is 21.0. The number of halogens is 1. The van der Waals surface area contributed by atoms with Gasteiger partial charge in [-0.15, -0.1) is 11.3 Å². The van der Waals surface area contributed by atoms with Gasteiger partial charge >= 0.3 is 0 Å². The number of carbonyl (C=O) groups is 2. The Morgan fingerprint density at radius 1 is 1.09 bits per heavy atom. The molecule has 1 aliphatic heterocycles. The first-order chi connectivity index (χ1) is 15.6. The first kappa shape index (κ1) is 21.2.